The maximum Gasteiger partial charge on any atom is 0.326 e. The van der Waals surface area contributed by atoms with Crippen LogP contribution in [0.1, 0.15) is 74.7 Å². The van der Waals surface area contributed by atoms with Crippen LogP contribution in [-0.2, 0) is 33.6 Å². The van der Waals surface area contributed by atoms with Crippen LogP contribution < -0.4 is 37.6 Å². The van der Waals surface area contributed by atoms with E-state index in [0.717, 1.165) is 0 Å². The van der Waals surface area contributed by atoms with Crippen molar-refractivity contribution in [3.63, 3.8) is 0 Å². The SMILES string of the molecule is CC(C)C[C@H](NC(=O)[C@H](C)NC(=O)[C@H](CC(C)C)NC(=O)[C@H](C)NC(=O)[C@H](CS)NC(=O)CNC(=O)[C@@H](N)CC(C)C)C(=O)O. The van der Waals surface area contributed by atoms with Crippen molar-refractivity contribution in [2.75, 3.05) is 12.3 Å². The molecule has 15 nitrogen and oxygen atoms in total. The van der Waals surface area contributed by atoms with Crippen LogP contribution in [0.15, 0.2) is 0 Å². The van der Waals surface area contributed by atoms with Crippen LogP contribution in [-0.4, -0.2) is 95.1 Å². The fraction of sp³-hybridized carbons (Fsp3) is 0.759. The highest BCUT2D eigenvalue weighted by Crippen LogP contribution is 2.08. The first-order chi connectivity index (χ1) is 20.8. The lowest BCUT2D eigenvalue weighted by molar-refractivity contribution is -0.142. The molecule has 0 unspecified atom stereocenters. The lowest BCUT2D eigenvalue weighted by Gasteiger charge is -2.25. The van der Waals surface area contributed by atoms with E-state index in [4.69, 9.17) is 5.73 Å². The molecule has 258 valence electrons. The summed E-state index contributed by atoms with van der Waals surface area (Å²) in [7, 11) is 0. The second-order valence-electron chi connectivity index (χ2n) is 12.4. The van der Waals surface area contributed by atoms with Crippen LogP contribution in [0.5, 0.6) is 0 Å². The van der Waals surface area contributed by atoms with E-state index in [2.05, 4.69) is 44.5 Å². The minimum atomic E-state index is -1.19. The Morgan fingerprint density at radius 3 is 1.42 bits per heavy atom. The summed E-state index contributed by atoms with van der Waals surface area (Å²) in [6, 6.07) is -6.31. The summed E-state index contributed by atoms with van der Waals surface area (Å²) in [4.78, 5) is 87.3. The summed E-state index contributed by atoms with van der Waals surface area (Å²) in [6.45, 7) is 13.5. The third-order valence-electron chi connectivity index (χ3n) is 6.49. The van der Waals surface area contributed by atoms with E-state index >= 15 is 0 Å². The van der Waals surface area contributed by atoms with Crippen molar-refractivity contribution in [2.24, 2.45) is 23.5 Å². The molecule has 6 amide bonds. The average Bonchev–Trinajstić information content (AvgIpc) is 2.92. The quantitative estimate of drug-likeness (QED) is 0.0731. The zero-order valence-corrected chi connectivity index (χ0v) is 28.5. The number of nitrogens with one attached hydrogen (secondary N) is 6. The van der Waals surface area contributed by atoms with Gasteiger partial charge >= 0.3 is 5.97 Å². The second kappa shape index (κ2) is 20.6. The van der Waals surface area contributed by atoms with Crippen LogP contribution in [0.25, 0.3) is 0 Å². The van der Waals surface area contributed by atoms with Crippen LogP contribution >= 0.6 is 12.6 Å². The van der Waals surface area contributed by atoms with Crippen molar-refractivity contribution in [1.82, 2.24) is 31.9 Å². The highest BCUT2D eigenvalue weighted by atomic mass is 32.1. The van der Waals surface area contributed by atoms with E-state index in [1.807, 2.05) is 41.5 Å². The molecular formula is C29H53N7O8S. The number of carboxylic acid groups (broad SMARTS) is 1. The maximum atomic E-state index is 13.0. The van der Waals surface area contributed by atoms with Gasteiger partial charge in [0.1, 0.15) is 30.2 Å². The third-order valence-corrected chi connectivity index (χ3v) is 6.85. The lowest BCUT2D eigenvalue weighted by Crippen LogP contribution is -2.58. The summed E-state index contributed by atoms with van der Waals surface area (Å²) in [5.41, 5.74) is 5.80. The zero-order chi connectivity index (χ0) is 35.0. The Hall–Kier alpha value is -3.40. The molecule has 0 aliphatic heterocycles. The summed E-state index contributed by atoms with van der Waals surface area (Å²) in [5.74, 6) is -5.05. The van der Waals surface area contributed by atoms with Crippen molar-refractivity contribution in [1.29, 1.82) is 0 Å². The molecule has 0 aromatic rings. The molecule has 0 saturated carbocycles. The lowest BCUT2D eigenvalue weighted by atomic mass is 10.0. The Kier molecular flexibility index (Phi) is 19.0. The number of rotatable bonds is 20. The molecule has 0 aromatic heterocycles. The number of aliphatic carboxylic acids is 1. The summed E-state index contributed by atoms with van der Waals surface area (Å²) >= 11 is 4.10. The molecule has 0 aromatic carbocycles. The van der Waals surface area contributed by atoms with Crippen LogP contribution in [0, 0.1) is 17.8 Å². The van der Waals surface area contributed by atoms with Crippen molar-refractivity contribution >= 4 is 54.0 Å². The smallest absolute Gasteiger partial charge is 0.326 e. The Balaban J connectivity index is 5.20. The van der Waals surface area contributed by atoms with Crippen LogP contribution in [0.2, 0.25) is 0 Å². The Bertz CT molecular complexity index is 1040. The predicted octanol–water partition coefficient (Wildman–Crippen LogP) is -0.954. The molecule has 0 aliphatic rings. The normalized spacial score (nSPS) is 15.2. The molecule has 0 spiro atoms. The molecule has 16 heteroatoms. The standard InChI is InChI=1S/C29H53N7O8S/c1-14(2)9-19(30)26(40)31-12-23(37)34-22(13-45)28(42)33-17(7)24(38)35-20(10-15(3)4)27(41)32-18(8)25(39)36-21(29(43)44)11-16(5)6/h14-22,45H,9-13,30H2,1-8H3,(H,31,40)(H,32,41)(H,33,42)(H,34,37)(H,35,38)(H,36,39)(H,43,44)/t17-,18-,19-,20-,21-,22-/m0/s1. The maximum absolute atomic E-state index is 13.0. The molecule has 9 N–H and O–H groups in total. The van der Waals surface area contributed by atoms with Crippen molar-refractivity contribution in [3.05, 3.63) is 0 Å². The van der Waals surface area contributed by atoms with E-state index < -0.39 is 84.2 Å². The first kappa shape index (κ1) is 41.6. The highest BCUT2D eigenvalue weighted by molar-refractivity contribution is 7.80. The Morgan fingerprint density at radius 1 is 0.578 bits per heavy atom. The van der Waals surface area contributed by atoms with Gasteiger partial charge in [-0.2, -0.15) is 12.6 Å². The zero-order valence-electron chi connectivity index (χ0n) is 27.6. The number of thiol groups is 1. The van der Waals surface area contributed by atoms with E-state index in [0.29, 0.717) is 6.42 Å². The monoisotopic (exact) mass is 659 g/mol. The van der Waals surface area contributed by atoms with Gasteiger partial charge in [0.2, 0.25) is 35.4 Å². The van der Waals surface area contributed by atoms with E-state index in [-0.39, 0.29) is 36.3 Å². The predicted molar refractivity (Wildman–Crippen MR) is 172 cm³/mol. The van der Waals surface area contributed by atoms with Gasteiger partial charge in [0.15, 0.2) is 0 Å². The van der Waals surface area contributed by atoms with Gasteiger partial charge in [-0.1, -0.05) is 41.5 Å². The number of hydrogen-bond donors (Lipinski definition) is 9. The van der Waals surface area contributed by atoms with Crippen molar-refractivity contribution in [3.8, 4) is 0 Å². The number of carbonyl (C=O) groups excluding carboxylic acids is 6. The minimum absolute atomic E-state index is 0.00951. The molecule has 0 bridgehead atoms. The molecule has 45 heavy (non-hydrogen) atoms. The van der Waals surface area contributed by atoms with Crippen molar-refractivity contribution < 1.29 is 38.7 Å². The topological polar surface area (TPSA) is 238 Å². The van der Waals surface area contributed by atoms with Gasteiger partial charge in [-0.25, -0.2) is 4.79 Å². The van der Waals surface area contributed by atoms with Gasteiger partial charge in [0.05, 0.1) is 12.6 Å². The fourth-order valence-electron chi connectivity index (χ4n) is 4.10. The molecule has 0 radical (unpaired) electrons. The van der Waals surface area contributed by atoms with Gasteiger partial charge in [-0.05, 0) is 50.9 Å². The first-order valence-corrected chi connectivity index (χ1v) is 15.8. The van der Waals surface area contributed by atoms with Crippen molar-refractivity contribution in [2.45, 2.75) is 111 Å². The number of amides is 6. The average molecular weight is 660 g/mol. The summed E-state index contributed by atoms with van der Waals surface area (Å²) in [6.07, 6.45) is 0.854. The number of hydrogen-bond acceptors (Lipinski definition) is 9. The van der Waals surface area contributed by atoms with E-state index in [1.165, 1.54) is 13.8 Å². The van der Waals surface area contributed by atoms with Gasteiger partial charge in [0, 0.05) is 5.75 Å². The number of carboxylic acids is 1. The molecule has 0 rings (SSSR count). The van der Waals surface area contributed by atoms with Crippen LogP contribution in [0.3, 0.4) is 0 Å². The summed E-state index contributed by atoms with van der Waals surface area (Å²) < 4.78 is 0. The van der Waals surface area contributed by atoms with E-state index in [9.17, 15) is 38.7 Å². The van der Waals surface area contributed by atoms with Gasteiger partial charge in [-0.3, -0.25) is 28.8 Å². The van der Waals surface area contributed by atoms with E-state index in [1.54, 1.807) is 0 Å². The fourth-order valence-corrected chi connectivity index (χ4v) is 4.36. The highest BCUT2D eigenvalue weighted by Gasteiger charge is 2.30. The number of carbonyl (C=O) groups is 7. The molecule has 0 aliphatic carbocycles. The third kappa shape index (κ3) is 17.0. The van der Waals surface area contributed by atoms with Gasteiger partial charge < -0.3 is 42.7 Å². The Morgan fingerprint density at radius 2 is 1.00 bits per heavy atom. The minimum Gasteiger partial charge on any atom is -0.480 e. The first-order valence-electron chi connectivity index (χ1n) is 15.2. The Labute approximate surface area is 271 Å². The molecule has 0 fully saturated rings. The molecule has 6 atom stereocenters. The summed E-state index contributed by atoms with van der Waals surface area (Å²) in [5, 5.41) is 24.2. The second-order valence-corrected chi connectivity index (χ2v) is 12.8. The van der Waals surface area contributed by atoms with Crippen LogP contribution in [0.4, 0.5) is 0 Å². The largest absolute Gasteiger partial charge is 0.480 e. The molecule has 0 heterocycles. The molecule has 0 saturated heterocycles. The molecular weight excluding hydrogens is 606 g/mol. The van der Waals surface area contributed by atoms with Gasteiger partial charge in [-0.15, -0.1) is 0 Å². The number of nitrogens with two attached hydrogens (primary N) is 1. The van der Waals surface area contributed by atoms with Gasteiger partial charge in [0.25, 0.3) is 0 Å².